The van der Waals surface area contributed by atoms with Crippen molar-refractivity contribution in [3.8, 4) is 16.9 Å². The molecule has 39 heavy (non-hydrogen) atoms. The number of imidazole rings is 1. The molecule has 1 fully saturated rings. The lowest BCUT2D eigenvalue weighted by molar-refractivity contribution is 0.0743. The molecule has 1 saturated heterocycles. The molecule has 10 nitrogen and oxygen atoms in total. The molecular weight excluding hydrogens is 585 g/mol. The van der Waals surface area contributed by atoms with Gasteiger partial charge in [0.05, 0.1) is 28.9 Å². The van der Waals surface area contributed by atoms with Crippen molar-refractivity contribution in [1.29, 1.82) is 0 Å². The summed E-state index contributed by atoms with van der Waals surface area (Å²) >= 11 is 18.9. The van der Waals surface area contributed by atoms with Crippen molar-refractivity contribution in [3.05, 3.63) is 81.3 Å². The highest BCUT2D eigenvalue weighted by Gasteiger charge is 2.28. The molecule has 0 atom stereocenters. The third kappa shape index (κ3) is 6.13. The van der Waals surface area contributed by atoms with Gasteiger partial charge >= 0.3 is 0 Å². The summed E-state index contributed by atoms with van der Waals surface area (Å²) < 4.78 is 30.0. The van der Waals surface area contributed by atoms with Gasteiger partial charge in [-0.25, -0.2) is 27.8 Å². The fraction of sp³-hybridized carbons (Fsp3) is 0.240. The summed E-state index contributed by atoms with van der Waals surface area (Å²) in [6.07, 6.45) is 5.48. The maximum absolute atomic E-state index is 13.6. The number of hydrogen-bond acceptors (Lipinski definition) is 6. The number of piperidine rings is 1. The maximum Gasteiger partial charge on any atom is 0.286 e. The number of rotatable bonds is 8. The van der Waals surface area contributed by atoms with Crippen LogP contribution in [0, 0.1) is 0 Å². The van der Waals surface area contributed by atoms with Crippen LogP contribution in [-0.4, -0.2) is 52.2 Å². The van der Waals surface area contributed by atoms with Gasteiger partial charge in [0.1, 0.15) is 0 Å². The Morgan fingerprint density at radius 1 is 1.00 bits per heavy atom. The molecule has 0 spiro atoms. The molecule has 5 rings (SSSR count). The van der Waals surface area contributed by atoms with Crippen LogP contribution in [-0.2, 0) is 16.6 Å². The fourth-order valence-electron chi connectivity index (χ4n) is 4.37. The number of nitrogens with zero attached hydrogens (tertiary/aromatic N) is 4. The second kappa shape index (κ2) is 11.7. The minimum atomic E-state index is -3.97. The number of benzene rings is 2. The highest BCUT2D eigenvalue weighted by atomic mass is 35.5. The molecular formula is C25H24Cl3N7O3S. The summed E-state index contributed by atoms with van der Waals surface area (Å²) in [4.78, 5) is 20.0. The van der Waals surface area contributed by atoms with Crippen LogP contribution in [0.25, 0.3) is 16.9 Å². The molecule has 3 heterocycles. The van der Waals surface area contributed by atoms with E-state index < -0.39 is 15.9 Å². The van der Waals surface area contributed by atoms with Gasteiger partial charge < -0.3 is 4.98 Å². The van der Waals surface area contributed by atoms with Crippen molar-refractivity contribution in [2.45, 2.75) is 30.8 Å². The average Bonchev–Trinajstić information content (AvgIpc) is 3.58. The number of halogens is 3. The largest absolute Gasteiger partial charge is 0.335 e. The van der Waals surface area contributed by atoms with Gasteiger partial charge in [-0.05, 0) is 43.2 Å². The minimum absolute atomic E-state index is 0.0452. The molecule has 0 saturated carbocycles. The van der Waals surface area contributed by atoms with Gasteiger partial charge in [-0.1, -0.05) is 53.4 Å². The first-order valence-corrected chi connectivity index (χ1v) is 14.7. The number of hydrazine groups is 1. The number of carbonyl (C=O) groups is 1. The van der Waals surface area contributed by atoms with Crippen LogP contribution >= 0.6 is 34.8 Å². The maximum atomic E-state index is 13.6. The molecule has 0 unspecified atom stereocenters. The zero-order chi connectivity index (χ0) is 27.6. The number of amides is 1. The third-order valence-electron chi connectivity index (χ3n) is 6.27. The molecule has 1 amide bonds. The predicted octanol–water partition coefficient (Wildman–Crippen LogP) is 4.83. The average molecular weight is 609 g/mol. The van der Waals surface area contributed by atoms with E-state index >= 15 is 0 Å². The standard InChI is InChI=1S/C25H24Cl3N7O3S/c26-17-6-4-16(5-7-17)24-19(13-31-39(37,38)22-14-29-15-30-22)23(25(36)33-34-10-2-1-3-11-34)32-35(24)21-9-8-18(27)12-20(21)28/h4-9,12,14-15,31H,1-3,10-11,13H2,(H,29,30)(H,33,36). The lowest BCUT2D eigenvalue weighted by Gasteiger charge is -2.26. The van der Waals surface area contributed by atoms with Gasteiger partial charge in [0.15, 0.2) is 10.7 Å². The molecule has 4 aromatic rings. The Morgan fingerprint density at radius 2 is 1.72 bits per heavy atom. The molecule has 0 radical (unpaired) electrons. The summed E-state index contributed by atoms with van der Waals surface area (Å²) in [5.41, 5.74) is 4.89. The number of carbonyl (C=O) groups excluding carboxylic acids is 1. The van der Waals surface area contributed by atoms with Crippen molar-refractivity contribution in [2.75, 3.05) is 13.1 Å². The number of nitrogens with one attached hydrogen (secondary N) is 3. The molecule has 2 aromatic heterocycles. The molecule has 0 aliphatic carbocycles. The fourth-order valence-corrected chi connectivity index (χ4v) is 5.88. The summed E-state index contributed by atoms with van der Waals surface area (Å²) in [5, 5.41) is 7.64. The molecule has 3 N–H and O–H groups in total. The number of hydrogen-bond donors (Lipinski definition) is 3. The van der Waals surface area contributed by atoms with E-state index in [1.807, 2.05) is 5.01 Å². The Labute approximate surface area is 240 Å². The monoisotopic (exact) mass is 607 g/mol. The van der Waals surface area contributed by atoms with Crippen molar-refractivity contribution in [2.24, 2.45) is 0 Å². The van der Waals surface area contributed by atoms with Crippen LogP contribution in [0.2, 0.25) is 15.1 Å². The van der Waals surface area contributed by atoms with Crippen LogP contribution in [0.5, 0.6) is 0 Å². The van der Waals surface area contributed by atoms with Crippen LogP contribution < -0.4 is 10.1 Å². The summed E-state index contributed by atoms with van der Waals surface area (Å²) in [6.45, 7) is 1.18. The van der Waals surface area contributed by atoms with Crippen molar-refractivity contribution >= 4 is 50.7 Å². The third-order valence-corrected chi connectivity index (χ3v) is 8.39. The first-order chi connectivity index (χ1) is 18.7. The first kappa shape index (κ1) is 27.6. The molecule has 1 aliphatic rings. The van der Waals surface area contributed by atoms with Crippen LogP contribution in [0.15, 0.2) is 60.0 Å². The highest BCUT2D eigenvalue weighted by Crippen LogP contribution is 2.34. The van der Waals surface area contributed by atoms with E-state index in [1.165, 1.54) is 17.2 Å². The van der Waals surface area contributed by atoms with Gasteiger partial charge in [-0.2, -0.15) is 5.10 Å². The van der Waals surface area contributed by atoms with Gasteiger partial charge in [0.2, 0.25) is 0 Å². The zero-order valence-corrected chi connectivity index (χ0v) is 23.6. The van der Waals surface area contributed by atoms with Crippen LogP contribution in [0.3, 0.4) is 0 Å². The predicted molar refractivity (Wildman–Crippen MR) is 150 cm³/mol. The van der Waals surface area contributed by atoms with Crippen molar-refractivity contribution in [1.82, 2.24) is 34.9 Å². The molecule has 2 aromatic carbocycles. The normalized spacial score (nSPS) is 14.4. The van der Waals surface area contributed by atoms with E-state index in [9.17, 15) is 13.2 Å². The molecule has 0 bridgehead atoms. The highest BCUT2D eigenvalue weighted by molar-refractivity contribution is 7.89. The Morgan fingerprint density at radius 3 is 2.38 bits per heavy atom. The van der Waals surface area contributed by atoms with Crippen molar-refractivity contribution in [3.63, 3.8) is 0 Å². The van der Waals surface area contributed by atoms with Gasteiger partial charge in [-0.3, -0.25) is 10.2 Å². The van der Waals surface area contributed by atoms with Crippen LogP contribution in [0.1, 0.15) is 35.3 Å². The number of aromatic nitrogens is 4. The van der Waals surface area contributed by atoms with E-state index in [2.05, 4.69) is 25.2 Å². The van der Waals surface area contributed by atoms with E-state index in [0.717, 1.165) is 19.3 Å². The number of sulfonamides is 1. The number of aromatic amines is 1. The Kier molecular flexibility index (Phi) is 8.27. The Bertz CT molecular complexity index is 1580. The first-order valence-electron chi connectivity index (χ1n) is 12.1. The Balaban J connectivity index is 1.65. The van der Waals surface area contributed by atoms with E-state index in [-0.39, 0.29) is 17.3 Å². The summed E-state index contributed by atoms with van der Waals surface area (Å²) in [7, 11) is -3.97. The molecule has 204 valence electrons. The van der Waals surface area contributed by atoms with E-state index in [1.54, 1.807) is 42.5 Å². The lowest BCUT2D eigenvalue weighted by atomic mass is 10.0. The van der Waals surface area contributed by atoms with Gasteiger partial charge in [0.25, 0.3) is 15.9 Å². The quantitative estimate of drug-likeness (QED) is 0.263. The van der Waals surface area contributed by atoms with Crippen LogP contribution in [0.4, 0.5) is 0 Å². The van der Waals surface area contributed by atoms with E-state index in [4.69, 9.17) is 34.8 Å². The smallest absolute Gasteiger partial charge is 0.286 e. The van der Waals surface area contributed by atoms with Gasteiger partial charge in [-0.15, -0.1) is 0 Å². The zero-order valence-electron chi connectivity index (χ0n) is 20.5. The summed E-state index contributed by atoms with van der Waals surface area (Å²) in [5.74, 6) is -0.466. The number of H-pyrrole nitrogens is 1. The second-order valence-corrected chi connectivity index (χ2v) is 11.9. The lowest BCUT2D eigenvalue weighted by Crippen LogP contribution is -2.45. The topological polar surface area (TPSA) is 125 Å². The summed E-state index contributed by atoms with van der Waals surface area (Å²) in [6, 6.07) is 11.8. The molecule has 1 aliphatic heterocycles. The minimum Gasteiger partial charge on any atom is -0.335 e. The SMILES string of the molecule is O=C(NN1CCCCC1)c1nn(-c2ccc(Cl)cc2Cl)c(-c2ccc(Cl)cc2)c1CNS(=O)(=O)c1cnc[nH]1. The second-order valence-electron chi connectivity index (χ2n) is 8.92. The molecule has 14 heteroatoms. The van der Waals surface area contributed by atoms with Gasteiger partial charge in [0, 0.05) is 40.8 Å². The Hall–Kier alpha value is -2.93. The van der Waals surface area contributed by atoms with Crippen molar-refractivity contribution < 1.29 is 13.2 Å². The van der Waals surface area contributed by atoms with E-state index in [0.29, 0.717) is 50.7 Å².